The Hall–Kier alpha value is -0.890. The minimum Gasteiger partial charge on any atom is -0.444 e. The van der Waals surface area contributed by atoms with Gasteiger partial charge in [-0.05, 0) is 0 Å². The topological polar surface area (TPSA) is 71.5 Å². The summed E-state index contributed by atoms with van der Waals surface area (Å²) in [5.74, 6) is 0. The van der Waals surface area contributed by atoms with Gasteiger partial charge >= 0.3 is 6.09 Å². The molecule has 2 atom stereocenters. The molecule has 0 aliphatic carbocycles. The minimum absolute atomic E-state index is 0.0106. The quantitative estimate of drug-likeness (QED) is 0.723. The lowest BCUT2D eigenvalue weighted by molar-refractivity contribution is -0.122. The summed E-state index contributed by atoms with van der Waals surface area (Å²) >= 11 is 0. The number of ether oxygens (including phenoxy) is 3. The van der Waals surface area contributed by atoms with Gasteiger partial charge in [0.05, 0.1) is 38.6 Å². The highest BCUT2D eigenvalue weighted by Gasteiger charge is 2.45. The Kier molecular flexibility index (Phi) is 4.11. The molecular weight excluding hydrogens is 264 g/mol. The number of hydrogen-bond acceptors (Lipinski definition) is 6. The number of piperazine rings is 1. The fourth-order valence-corrected chi connectivity index (χ4v) is 3.11. The van der Waals surface area contributed by atoms with Crippen LogP contribution >= 0.6 is 0 Å². The molecule has 3 aliphatic heterocycles. The summed E-state index contributed by atoms with van der Waals surface area (Å²) in [6.45, 7) is 4.92. The van der Waals surface area contributed by atoms with E-state index in [4.69, 9.17) is 14.2 Å². The Bertz CT molecular complexity index is 361. The van der Waals surface area contributed by atoms with Gasteiger partial charge < -0.3 is 24.2 Å². The fourth-order valence-electron chi connectivity index (χ4n) is 3.11. The number of fused-ring (bicyclic) bond motifs is 1. The summed E-state index contributed by atoms with van der Waals surface area (Å²) in [4.78, 5) is 16.1. The molecule has 0 aromatic heterocycles. The van der Waals surface area contributed by atoms with Crippen LogP contribution in [0.1, 0.15) is 6.42 Å². The molecule has 3 rings (SSSR count). The van der Waals surface area contributed by atoms with Crippen molar-refractivity contribution in [3.05, 3.63) is 0 Å². The third-order valence-corrected chi connectivity index (χ3v) is 4.38. The molecule has 0 aromatic carbocycles. The van der Waals surface area contributed by atoms with E-state index in [2.05, 4.69) is 4.90 Å². The minimum atomic E-state index is -0.471. The van der Waals surface area contributed by atoms with E-state index < -0.39 is 5.54 Å². The first-order valence-electron chi connectivity index (χ1n) is 7.20. The second-order valence-electron chi connectivity index (χ2n) is 5.71. The van der Waals surface area contributed by atoms with E-state index in [0.29, 0.717) is 39.5 Å². The number of amides is 1. The molecule has 0 spiro atoms. The predicted octanol–water partition coefficient (Wildman–Crippen LogP) is -0.709. The predicted molar refractivity (Wildman–Crippen MR) is 69.5 cm³/mol. The van der Waals surface area contributed by atoms with E-state index in [-0.39, 0.29) is 18.8 Å². The summed E-state index contributed by atoms with van der Waals surface area (Å²) < 4.78 is 16.1. The maximum absolute atomic E-state index is 12.2. The van der Waals surface area contributed by atoms with E-state index in [9.17, 15) is 9.90 Å². The molecule has 0 saturated carbocycles. The van der Waals surface area contributed by atoms with Gasteiger partial charge in [0, 0.05) is 32.6 Å². The number of morpholine rings is 1. The third kappa shape index (κ3) is 2.63. The molecule has 2 unspecified atom stereocenters. The molecule has 3 saturated heterocycles. The Labute approximate surface area is 118 Å². The SMILES string of the molecule is O=C(OC1CCOC1)N1CCN2CCOCC2(CO)C1. The largest absolute Gasteiger partial charge is 0.444 e. The summed E-state index contributed by atoms with van der Waals surface area (Å²) in [5, 5.41) is 9.74. The van der Waals surface area contributed by atoms with Gasteiger partial charge in [0.1, 0.15) is 6.10 Å². The molecule has 7 nitrogen and oxygen atoms in total. The molecule has 0 radical (unpaired) electrons. The van der Waals surface area contributed by atoms with Crippen molar-refractivity contribution in [2.75, 3.05) is 59.2 Å². The molecule has 0 bridgehead atoms. The zero-order valence-electron chi connectivity index (χ0n) is 11.6. The van der Waals surface area contributed by atoms with E-state index >= 15 is 0 Å². The van der Waals surface area contributed by atoms with Crippen molar-refractivity contribution in [3.63, 3.8) is 0 Å². The summed E-state index contributed by atoms with van der Waals surface area (Å²) in [5.41, 5.74) is -0.471. The Morgan fingerprint density at radius 3 is 2.95 bits per heavy atom. The summed E-state index contributed by atoms with van der Waals surface area (Å²) in [6.07, 6.45) is 0.326. The highest BCUT2D eigenvalue weighted by molar-refractivity contribution is 5.68. The van der Waals surface area contributed by atoms with Crippen LogP contribution in [0.4, 0.5) is 4.79 Å². The first kappa shape index (κ1) is 14.1. The lowest BCUT2D eigenvalue weighted by Crippen LogP contribution is -2.69. The van der Waals surface area contributed by atoms with E-state index in [1.54, 1.807) is 4.90 Å². The number of rotatable bonds is 2. The normalized spacial score (nSPS) is 34.9. The van der Waals surface area contributed by atoms with Crippen LogP contribution < -0.4 is 0 Å². The number of hydrogen-bond donors (Lipinski definition) is 1. The number of aliphatic hydroxyl groups excluding tert-OH is 1. The second kappa shape index (κ2) is 5.85. The zero-order chi connectivity index (χ0) is 14.0. The van der Waals surface area contributed by atoms with Crippen LogP contribution in [0.25, 0.3) is 0 Å². The van der Waals surface area contributed by atoms with Crippen LogP contribution in [0.3, 0.4) is 0 Å². The first-order valence-corrected chi connectivity index (χ1v) is 7.20. The highest BCUT2D eigenvalue weighted by Crippen LogP contribution is 2.25. The zero-order valence-corrected chi connectivity index (χ0v) is 11.6. The van der Waals surface area contributed by atoms with Gasteiger partial charge in [-0.2, -0.15) is 0 Å². The van der Waals surface area contributed by atoms with Crippen LogP contribution in [0, 0.1) is 0 Å². The molecule has 1 N–H and O–H groups in total. The fraction of sp³-hybridized carbons (Fsp3) is 0.923. The smallest absolute Gasteiger partial charge is 0.410 e. The van der Waals surface area contributed by atoms with Crippen molar-refractivity contribution in [1.29, 1.82) is 0 Å². The Morgan fingerprint density at radius 1 is 1.30 bits per heavy atom. The number of nitrogens with zero attached hydrogens (tertiary/aromatic N) is 2. The van der Waals surface area contributed by atoms with Crippen molar-refractivity contribution in [2.45, 2.75) is 18.1 Å². The molecule has 114 valence electrons. The molecule has 3 heterocycles. The van der Waals surface area contributed by atoms with Crippen molar-refractivity contribution < 1.29 is 24.1 Å². The van der Waals surface area contributed by atoms with Crippen molar-refractivity contribution in [2.24, 2.45) is 0 Å². The van der Waals surface area contributed by atoms with Crippen LogP contribution in [0.15, 0.2) is 0 Å². The standard InChI is InChI=1S/C13H22N2O5/c16-9-13-8-14(2-3-15(13)4-6-19-10-13)12(17)20-11-1-5-18-7-11/h11,16H,1-10H2. The maximum Gasteiger partial charge on any atom is 0.410 e. The lowest BCUT2D eigenvalue weighted by atomic mass is 9.94. The molecule has 1 amide bonds. The average molecular weight is 286 g/mol. The van der Waals surface area contributed by atoms with Gasteiger partial charge in [-0.1, -0.05) is 0 Å². The summed E-state index contributed by atoms with van der Waals surface area (Å²) in [7, 11) is 0. The number of carbonyl (C=O) groups is 1. The first-order chi connectivity index (χ1) is 9.73. The number of carbonyl (C=O) groups excluding carboxylic acids is 1. The summed E-state index contributed by atoms with van der Waals surface area (Å²) in [6, 6.07) is 0. The number of aliphatic hydroxyl groups is 1. The van der Waals surface area contributed by atoms with Crippen LogP contribution in [0.5, 0.6) is 0 Å². The van der Waals surface area contributed by atoms with Crippen LogP contribution in [-0.4, -0.2) is 91.9 Å². The van der Waals surface area contributed by atoms with Gasteiger partial charge in [-0.15, -0.1) is 0 Å². The molecule has 0 aromatic rings. The molecule has 3 fully saturated rings. The monoisotopic (exact) mass is 286 g/mol. The maximum atomic E-state index is 12.2. The van der Waals surface area contributed by atoms with Crippen molar-refractivity contribution in [1.82, 2.24) is 9.80 Å². The van der Waals surface area contributed by atoms with E-state index in [0.717, 1.165) is 19.5 Å². The van der Waals surface area contributed by atoms with Gasteiger partial charge in [0.2, 0.25) is 0 Å². The molecule has 20 heavy (non-hydrogen) atoms. The van der Waals surface area contributed by atoms with Crippen LogP contribution in [0.2, 0.25) is 0 Å². The third-order valence-electron chi connectivity index (χ3n) is 4.38. The van der Waals surface area contributed by atoms with Crippen LogP contribution in [-0.2, 0) is 14.2 Å². The second-order valence-corrected chi connectivity index (χ2v) is 5.71. The average Bonchev–Trinajstić information content (AvgIpc) is 2.99. The van der Waals surface area contributed by atoms with E-state index in [1.807, 2.05) is 0 Å². The van der Waals surface area contributed by atoms with Gasteiger partial charge in [-0.3, -0.25) is 4.90 Å². The van der Waals surface area contributed by atoms with E-state index in [1.165, 1.54) is 0 Å². The lowest BCUT2D eigenvalue weighted by Gasteiger charge is -2.51. The van der Waals surface area contributed by atoms with Gasteiger partial charge in [0.15, 0.2) is 0 Å². The highest BCUT2D eigenvalue weighted by atomic mass is 16.6. The van der Waals surface area contributed by atoms with Gasteiger partial charge in [-0.25, -0.2) is 4.79 Å². The molecular formula is C13H22N2O5. The van der Waals surface area contributed by atoms with Gasteiger partial charge in [0.25, 0.3) is 0 Å². The Balaban J connectivity index is 1.61. The Morgan fingerprint density at radius 2 is 2.20 bits per heavy atom. The molecule has 7 heteroatoms. The van der Waals surface area contributed by atoms with Crippen molar-refractivity contribution in [3.8, 4) is 0 Å². The van der Waals surface area contributed by atoms with Crippen molar-refractivity contribution >= 4 is 6.09 Å². The molecule has 3 aliphatic rings.